The number of carbonyl (C=O) groups is 2. The van der Waals surface area contributed by atoms with Crippen molar-refractivity contribution >= 4 is 39.7 Å². The zero-order valence-corrected chi connectivity index (χ0v) is 20.9. The predicted octanol–water partition coefficient (Wildman–Crippen LogP) is 5.85. The van der Waals surface area contributed by atoms with Gasteiger partial charge >= 0.3 is 12.0 Å². The van der Waals surface area contributed by atoms with Crippen molar-refractivity contribution in [2.24, 2.45) is 0 Å². The zero-order chi connectivity index (χ0) is 22.9. The molecule has 2 amide bonds. The van der Waals surface area contributed by atoms with E-state index in [9.17, 15) is 9.59 Å². The Balaban J connectivity index is 1.51. The number of hydrogen-bond donors (Lipinski definition) is 2. The first-order valence-corrected chi connectivity index (χ1v) is 13.0. The van der Waals surface area contributed by atoms with E-state index in [0.29, 0.717) is 17.1 Å². The third-order valence-electron chi connectivity index (χ3n) is 5.86. The normalized spacial score (nSPS) is 15.5. The molecule has 0 saturated heterocycles. The van der Waals surface area contributed by atoms with E-state index in [4.69, 9.17) is 9.47 Å². The van der Waals surface area contributed by atoms with Gasteiger partial charge in [0.15, 0.2) is 5.06 Å². The second-order valence-corrected chi connectivity index (χ2v) is 11.6. The molecule has 0 spiro atoms. The van der Waals surface area contributed by atoms with E-state index < -0.39 is 5.60 Å². The number of rotatable bonds is 5. The molecule has 2 aliphatic carbocycles. The van der Waals surface area contributed by atoms with Gasteiger partial charge < -0.3 is 14.8 Å². The molecule has 174 valence electrons. The number of fused-ring (bicyclic) bond motifs is 2. The standard InChI is InChI=1S/C24H32N2O4S2/c1-24(2,3)30-21(27)19-15-10-6-8-12-18(15)31-20(19)26-23(28)25-13-16-14-9-5-7-11-17(14)32-22(16)29-4/h5-13H2,1-4H3,(H2,25,26,28). The van der Waals surface area contributed by atoms with Gasteiger partial charge in [-0.15, -0.1) is 22.7 Å². The highest BCUT2D eigenvalue weighted by Crippen LogP contribution is 2.40. The van der Waals surface area contributed by atoms with Crippen LogP contribution in [0.25, 0.3) is 0 Å². The highest BCUT2D eigenvalue weighted by molar-refractivity contribution is 7.17. The van der Waals surface area contributed by atoms with E-state index in [2.05, 4.69) is 10.6 Å². The Bertz CT molecular complexity index is 1020. The minimum absolute atomic E-state index is 0.314. The summed E-state index contributed by atoms with van der Waals surface area (Å²) in [6.45, 7) is 5.99. The molecule has 0 atom stereocenters. The minimum Gasteiger partial charge on any atom is -0.487 e. The van der Waals surface area contributed by atoms with Crippen molar-refractivity contribution in [2.75, 3.05) is 12.4 Å². The van der Waals surface area contributed by atoms with Crippen molar-refractivity contribution in [1.82, 2.24) is 5.32 Å². The van der Waals surface area contributed by atoms with Gasteiger partial charge in [0.25, 0.3) is 0 Å². The molecule has 2 aromatic rings. The number of carbonyl (C=O) groups excluding carboxylic acids is 2. The molecule has 0 aliphatic heterocycles. The van der Waals surface area contributed by atoms with Gasteiger partial charge in [-0.2, -0.15) is 0 Å². The molecule has 4 rings (SSSR count). The molecular formula is C24H32N2O4S2. The Morgan fingerprint density at radius 3 is 2.22 bits per heavy atom. The summed E-state index contributed by atoms with van der Waals surface area (Å²) in [6.07, 6.45) is 8.45. The molecule has 0 fully saturated rings. The van der Waals surface area contributed by atoms with Gasteiger partial charge in [-0.1, -0.05) is 0 Å². The number of urea groups is 1. The van der Waals surface area contributed by atoms with Gasteiger partial charge in [-0.25, -0.2) is 9.59 Å². The van der Waals surface area contributed by atoms with Gasteiger partial charge in [0.1, 0.15) is 10.6 Å². The number of amides is 2. The fourth-order valence-corrected chi connectivity index (χ4v) is 6.96. The monoisotopic (exact) mass is 476 g/mol. The zero-order valence-electron chi connectivity index (χ0n) is 19.3. The maximum Gasteiger partial charge on any atom is 0.341 e. The van der Waals surface area contributed by atoms with Gasteiger partial charge in [-0.05, 0) is 83.3 Å². The van der Waals surface area contributed by atoms with Crippen LogP contribution in [0.15, 0.2) is 0 Å². The lowest BCUT2D eigenvalue weighted by Gasteiger charge is -2.21. The Labute approximate surface area is 197 Å². The molecule has 2 N–H and O–H groups in total. The largest absolute Gasteiger partial charge is 0.487 e. The van der Waals surface area contributed by atoms with Crippen molar-refractivity contribution < 1.29 is 19.1 Å². The lowest BCUT2D eigenvalue weighted by molar-refractivity contribution is 0.00699. The number of methoxy groups -OCH3 is 1. The van der Waals surface area contributed by atoms with E-state index in [-0.39, 0.29) is 12.0 Å². The summed E-state index contributed by atoms with van der Waals surface area (Å²) < 4.78 is 11.3. The van der Waals surface area contributed by atoms with Crippen LogP contribution in [0.1, 0.15) is 83.3 Å². The predicted molar refractivity (Wildman–Crippen MR) is 130 cm³/mol. The topological polar surface area (TPSA) is 76.7 Å². The number of esters is 1. The molecule has 6 nitrogen and oxygen atoms in total. The maximum absolute atomic E-state index is 13.0. The van der Waals surface area contributed by atoms with Crippen LogP contribution in [0, 0.1) is 0 Å². The number of ether oxygens (including phenoxy) is 2. The van der Waals surface area contributed by atoms with E-state index in [0.717, 1.165) is 54.7 Å². The number of nitrogens with one attached hydrogen (secondary N) is 2. The Morgan fingerprint density at radius 1 is 0.938 bits per heavy atom. The molecule has 2 aromatic heterocycles. The fraction of sp³-hybridized carbons (Fsp3) is 0.583. The van der Waals surface area contributed by atoms with Crippen molar-refractivity contribution in [2.45, 2.75) is 84.3 Å². The second kappa shape index (κ2) is 9.43. The van der Waals surface area contributed by atoms with Crippen LogP contribution in [-0.2, 0) is 37.0 Å². The van der Waals surface area contributed by atoms with Crippen molar-refractivity contribution in [1.29, 1.82) is 0 Å². The van der Waals surface area contributed by atoms with Crippen molar-refractivity contribution in [3.63, 3.8) is 0 Å². The van der Waals surface area contributed by atoms with Gasteiger partial charge in [-0.3, -0.25) is 5.32 Å². The van der Waals surface area contributed by atoms with Crippen LogP contribution in [-0.4, -0.2) is 24.7 Å². The molecular weight excluding hydrogens is 444 g/mol. The van der Waals surface area contributed by atoms with E-state index in [1.54, 1.807) is 18.4 Å². The highest BCUT2D eigenvalue weighted by Gasteiger charge is 2.30. The van der Waals surface area contributed by atoms with Crippen LogP contribution in [0.4, 0.5) is 9.80 Å². The first-order chi connectivity index (χ1) is 15.3. The molecule has 0 unspecified atom stereocenters. The Kier molecular flexibility index (Phi) is 6.81. The summed E-state index contributed by atoms with van der Waals surface area (Å²) in [5, 5.41) is 7.40. The summed E-state index contributed by atoms with van der Waals surface area (Å²) in [7, 11) is 1.68. The lowest BCUT2D eigenvalue weighted by Crippen LogP contribution is -2.30. The summed E-state index contributed by atoms with van der Waals surface area (Å²) in [5.74, 6) is -0.360. The molecule has 0 saturated carbocycles. The summed E-state index contributed by atoms with van der Waals surface area (Å²) >= 11 is 3.20. The minimum atomic E-state index is -0.589. The number of aryl methyl sites for hydroxylation is 2. The quantitative estimate of drug-likeness (QED) is 0.531. The number of thiophene rings is 2. The second-order valence-electron chi connectivity index (χ2n) is 9.41. The van der Waals surface area contributed by atoms with Gasteiger partial charge in [0.05, 0.1) is 12.7 Å². The smallest absolute Gasteiger partial charge is 0.341 e. The molecule has 0 bridgehead atoms. The van der Waals surface area contributed by atoms with Gasteiger partial charge in [0.2, 0.25) is 0 Å². The molecule has 32 heavy (non-hydrogen) atoms. The third kappa shape index (κ3) is 4.96. The molecule has 2 heterocycles. The summed E-state index contributed by atoms with van der Waals surface area (Å²) in [5.41, 5.74) is 3.40. The first kappa shape index (κ1) is 23.1. The number of hydrogen-bond acceptors (Lipinski definition) is 6. The Hall–Kier alpha value is -2.06. The Morgan fingerprint density at radius 2 is 1.56 bits per heavy atom. The summed E-state index contributed by atoms with van der Waals surface area (Å²) in [4.78, 5) is 28.4. The molecule has 2 aliphatic rings. The maximum atomic E-state index is 13.0. The SMILES string of the molecule is COc1sc2c(c1CNC(=O)Nc1sc3c(c1C(=O)OC(C)(C)C)CCCC3)CCCC2. The van der Waals surface area contributed by atoms with Crippen LogP contribution in [0.3, 0.4) is 0 Å². The van der Waals surface area contributed by atoms with Crippen LogP contribution < -0.4 is 15.4 Å². The average molecular weight is 477 g/mol. The highest BCUT2D eigenvalue weighted by atomic mass is 32.1. The molecule has 0 radical (unpaired) electrons. The van der Waals surface area contributed by atoms with E-state index >= 15 is 0 Å². The van der Waals surface area contributed by atoms with Crippen molar-refractivity contribution in [3.05, 3.63) is 32.0 Å². The first-order valence-electron chi connectivity index (χ1n) is 11.4. The third-order valence-corrected chi connectivity index (χ3v) is 8.36. The summed E-state index contributed by atoms with van der Waals surface area (Å²) in [6, 6.07) is -0.314. The molecule has 0 aromatic carbocycles. The van der Waals surface area contributed by atoms with Crippen LogP contribution >= 0.6 is 22.7 Å². The van der Waals surface area contributed by atoms with Crippen LogP contribution in [0.2, 0.25) is 0 Å². The van der Waals surface area contributed by atoms with Crippen molar-refractivity contribution in [3.8, 4) is 5.06 Å². The van der Waals surface area contributed by atoms with Crippen LogP contribution in [0.5, 0.6) is 5.06 Å². The lowest BCUT2D eigenvalue weighted by atomic mass is 9.95. The van der Waals surface area contributed by atoms with E-state index in [1.807, 2.05) is 20.8 Å². The molecule has 8 heteroatoms. The van der Waals surface area contributed by atoms with E-state index in [1.165, 1.54) is 39.5 Å². The average Bonchev–Trinajstić information content (AvgIpc) is 3.28. The fourth-order valence-electron chi connectivity index (χ4n) is 4.46. The van der Waals surface area contributed by atoms with Gasteiger partial charge in [0, 0.05) is 21.9 Å². The number of anilines is 1.